The molecule has 0 aliphatic carbocycles. The van der Waals surface area contributed by atoms with E-state index >= 15 is 0 Å². The normalized spacial score (nSPS) is 11.3. The molecule has 0 aromatic carbocycles. The lowest BCUT2D eigenvalue weighted by Crippen LogP contribution is -2.00. The summed E-state index contributed by atoms with van der Waals surface area (Å²) in [6.45, 7) is 50.5. The van der Waals surface area contributed by atoms with Crippen LogP contribution in [0.25, 0.3) is 0 Å². The summed E-state index contributed by atoms with van der Waals surface area (Å²) in [5.41, 5.74) is 0. The van der Waals surface area contributed by atoms with E-state index in [1.165, 1.54) is 70.6 Å². The molecular weight excluding hydrogens is 865 g/mol. The first-order valence-electron chi connectivity index (χ1n) is 28.5. The van der Waals surface area contributed by atoms with Crippen molar-refractivity contribution in [2.45, 2.75) is 362 Å². The number of carbonyl (C=O) groups is 1. The van der Waals surface area contributed by atoms with Crippen LogP contribution < -0.4 is 0 Å². The molecule has 0 amide bonds. The third-order valence-electron chi connectivity index (χ3n) is 8.99. The van der Waals surface area contributed by atoms with Gasteiger partial charge >= 0.3 is 0 Å². The van der Waals surface area contributed by atoms with E-state index in [1.807, 2.05) is 82.2 Å². The zero-order chi connectivity index (χ0) is 57.3. The molecule has 0 aromatic rings. The van der Waals surface area contributed by atoms with Crippen LogP contribution in [0.4, 0.5) is 0 Å². The van der Waals surface area contributed by atoms with Crippen LogP contribution in [0.1, 0.15) is 313 Å². The van der Waals surface area contributed by atoms with Gasteiger partial charge in [-0.3, -0.25) is 0 Å². The Morgan fingerprint density at radius 3 is 0.710 bits per heavy atom. The van der Waals surface area contributed by atoms with Crippen LogP contribution in [0, 0.1) is 0 Å². The second kappa shape index (κ2) is 104. The van der Waals surface area contributed by atoms with E-state index in [0.29, 0.717) is 5.78 Å². The van der Waals surface area contributed by atoms with Crippen LogP contribution in [-0.2, 0) is 4.79 Å². The van der Waals surface area contributed by atoms with Crippen molar-refractivity contribution in [3.8, 4) is 0 Å². The number of carbonyl (C=O) groups excluding carboxylic acids is 1. The number of hydrogen-bond donors (Lipinski definition) is 8. The van der Waals surface area contributed by atoms with Crippen LogP contribution in [-0.4, -0.2) is 95.5 Å². The van der Waals surface area contributed by atoms with Crippen LogP contribution in [0.3, 0.4) is 0 Å². The lowest BCUT2D eigenvalue weighted by atomic mass is 10.1. The predicted octanol–water partition coefficient (Wildman–Crippen LogP) is 16.9. The number of unbranched alkanes of at least 4 members (excludes halogenated alkanes) is 8. The number of aliphatic hydroxyl groups excluding tert-OH is 8. The molecule has 8 N–H and O–H groups in total. The van der Waals surface area contributed by atoms with Gasteiger partial charge in [0, 0.05) is 6.42 Å². The lowest BCUT2D eigenvalue weighted by Gasteiger charge is -1.99. The van der Waals surface area contributed by atoms with Crippen molar-refractivity contribution in [2.24, 2.45) is 0 Å². The van der Waals surface area contributed by atoms with Gasteiger partial charge in [0.05, 0.1) is 48.8 Å². The summed E-state index contributed by atoms with van der Waals surface area (Å²) < 4.78 is 0. The fourth-order valence-electron chi connectivity index (χ4n) is 2.92. The number of Topliss-reactive ketones (excluding diaryl/α,β-unsaturated/α-hetero) is 1. The number of allylic oxidation sites excluding steroid dienone is 1. The average Bonchev–Trinajstić information content (AvgIpc) is 3.34. The van der Waals surface area contributed by atoms with Crippen LogP contribution >= 0.6 is 0 Å². The van der Waals surface area contributed by atoms with E-state index in [-0.39, 0.29) is 48.8 Å². The minimum Gasteiger partial charge on any atom is -0.393 e. The first-order chi connectivity index (χ1) is 32.3. The molecule has 5 atom stereocenters. The van der Waals surface area contributed by atoms with Gasteiger partial charge in [-0.05, 0) is 131 Å². The average molecular weight is 1000 g/mol. The molecule has 9 nitrogen and oxygen atoms in total. The van der Waals surface area contributed by atoms with Gasteiger partial charge in [0.2, 0.25) is 0 Å². The SMILES string of the molecule is C=CCC(O)CC.C=CCCCCCC.CCC.CCC.CCC(C)O.CCC(C)O.CCC(C)O.CCC(C)O.CCC(O)CC.CCC(O)CC.CCC(O)CC.CCCCCCCC(C)=O. The van der Waals surface area contributed by atoms with E-state index in [4.69, 9.17) is 40.9 Å². The maximum atomic E-state index is 10.5. The van der Waals surface area contributed by atoms with E-state index in [1.54, 1.807) is 40.7 Å². The minimum absolute atomic E-state index is 0.0648. The molecular formula is C60H138O9. The van der Waals surface area contributed by atoms with E-state index < -0.39 is 0 Å². The second-order valence-corrected chi connectivity index (χ2v) is 17.4. The summed E-state index contributed by atoms with van der Waals surface area (Å²) in [4.78, 5) is 10.5. The van der Waals surface area contributed by atoms with Gasteiger partial charge in [0.25, 0.3) is 0 Å². The van der Waals surface area contributed by atoms with Crippen molar-refractivity contribution < 1.29 is 45.6 Å². The first-order valence-corrected chi connectivity index (χ1v) is 28.5. The third kappa shape index (κ3) is 219. The highest BCUT2D eigenvalue weighted by Gasteiger charge is 1.94. The highest BCUT2D eigenvalue weighted by atomic mass is 16.3. The van der Waals surface area contributed by atoms with Gasteiger partial charge in [-0.1, -0.05) is 188 Å². The quantitative estimate of drug-likeness (QED) is 0.0345. The molecule has 0 heterocycles. The second-order valence-electron chi connectivity index (χ2n) is 17.4. The van der Waals surface area contributed by atoms with E-state index in [0.717, 1.165) is 89.9 Å². The van der Waals surface area contributed by atoms with Crippen molar-refractivity contribution in [1.82, 2.24) is 0 Å². The Hall–Kier alpha value is -1.17. The molecule has 9 heteroatoms. The summed E-state index contributed by atoms with van der Waals surface area (Å²) in [7, 11) is 0. The zero-order valence-corrected chi connectivity index (χ0v) is 51.4. The highest BCUT2D eigenvalue weighted by Crippen LogP contribution is 2.05. The van der Waals surface area contributed by atoms with Gasteiger partial charge in [-0.2, -0.15) is 0 Å². The maximum absolute atomic E-state index is 10.5. The number of rotatable bonds is 24. The molecule has 0 saturated heterocycles. The Kier molecular flexibility index (Phi) is 146. The summed E-state index contributed by atoms with van der Waals surface area (Å²) >= 11 is 0. The van der Waals surface area contributed by atoms with Gasteiger partial charge in [0.15, 0.2) is 0 Å². The third-order valence-corrected chi connectivity index (χ3v) is 8.99. The van der Waals surface area contributed by atoms with Crippen LogP contribution in [0.15, 0.2) is 25.3 Å². The highest BCUT2D eigenvalue weighted by molar-refractivity contribution is 5.75. The largest absolute Gasteiger partial charge is 0.393 e. The molecule has 0 aromatic heterocycles. The molecule has 0 aliphatic rings. The van der Waals surface area contributed by atoms with Gasteiger partial charge < -0.3 is 45.6 Å². The summed E-state index contributed by atoms with van der Waals surface area (Å²) in [5.74, 6) is 0.330. The molecule has 0 spiro atoms. The molecule has 0 rings (SSSR count). The molecule has 0 bridgehead atoms. The van der Waals surface area contributed by atoms with Crippen molar-refractivity contribution >= 4 is 5.78 Å². The molecule has 5 unspecified atom stereocenters. The van der Waals surface area contributed by atoms with Crippen LogP contribution in [0.2, 0.25) is 0 Å². The fraction of sp³-hybridized carbons (Fsp3) is 0.917. The Morgan fingerprint density at radius 1 is 0.362 bits per heavy atom. The topological polar surface area (TPSA) is 179 Å². The minimum atomic E-state index is -0.169. The fourth-order valence-corrected chi connectivity index (χ4v) is 2.92. The maximum Gasteiger partial charge on any atom is 0.129 e. The standard InChI is InChI=1S/C9H18O.C8H16.C6H12O.3C5H12O.4C4H10O.2C3H8/c1-3-4-5-6-7-8-9(2)10;1-3-5-7-8-6-4-2;1-3-5-6(7)4-2;3*1-3-5(6)4-2;4*1-3-4(2)5;2*1-3-2/h3-8H2,1-2H3;3H,1,4-8H2,2H3;3,6-7H,1,4-5H2,2H3;3*5-6H,3-4H2,1-2H3;4*4-5H,3H2,1-2H3;2*3H2,1-2H3. The molecule has 432 valence electrons. The number of hydrogen-bond acceptors (Lipinski definition) is 9. The predicted molar refractivity (Wildman–Crippen MR) is 314 cm³/mol. The van der Waals surface area contributed by atoms with E-state index in [9.17, 15) is 4.79 Å². The Bertz CT molecular complexity index is 676. The molecule has 0 fully saturated rings. The van der Waals surface area contributed by atoms with Gasteiger partial charge in [0.1, 0.15) is 5.78 Å². The van der Waals surface area contributed by atoms with E-state index in [2.05, 4.69) is 54.7 Å². The van der Waals surface area contributed by atoms with Gasteiger partial charge in [-0.25, -0.2) is 0 Å². The lowest BCUT2D eigenvalue weighted by molar-refractivity contribution is -0.117. The molecule has 0 radical (unpaired) electrons. The zero-order valence-electron chi connectivity index (χ0n) is 51.4. The van der Waals surface area contributed by atoms with Crippen molar-refractivity contribution in [3.63, 3.8) is 0 Å². The molecule has 0 aliphatic heterocycles. The summed E-state index contributed by atoms with van der Waals surface area (Å²) in [5, 5.41) is 68.2. The smallest absolute Gasteiger partial charge is 0.129 e. The Balaban J connectivity index is -0.0000000520. The van der Waals surface area contributed by atoms with Crippen molar-refractivity contribution in [2.75, 3.05) is 0 Å². The summed E-state index contributed by atoms with van der Waals surface area (Å²) in [6.07, 6.45) is 29.3. The number of ketones is 1. The van der Waals surface area contributed by atoms with Crippen molar-refractivity contribution in [1.29, 1.82) is 0 Å². The van der Waals surface area contributed by atoms with Crippen LogP contribution in [0.5, 0.6) is 0 Å². The Labute approximate surface area is 436 Å². The molecule has 69 heavy (non-hydrogen) atoms. The van der Waals surface area contributed by atoms with Gasteiger partial charge in [-0.15, -0.1) is 13.2 Å². The molecule has 0 saturated carbocycles. The first kappa shape index (κ1) is 97.2. The monoisotopic (exact) mass is 1000 g/mol. The Morgan fingerprint density at radius 2 is 0.580 bits per heavy atom. The number of aliphatic hydroxyl groups is 8. The summed E-state index contributed by atoms with van der Waals surface area (Å²) in [6, 6.07) is 0. The van der Waals surface area contributed by atoms with Crippen molar-refractivity contribution in [3.05, 3.63) is 25.3 Å².